The van der Waals surface area contributed by atoms with Crippen LogP contribution in [0.1, 0.15) is 122 Å². The Morgan fingerprint density at radius 2 is 0.836 bits per heavy atom. The fraction of sp³-hybridized carbons (Fsp3) is 0.661. The van der Waals surface area contributed by atoms with Crippen LogP contribution in [0.2, 0.25) is 0 Å². The van der Waals surface area contributed by atoms with Crippen molar-refractivity contribution in [2.75, 3.05) is 171 Å². The Morgan fingerprint density at radius 3 is 1.15 bits per heavy atom. The SMILES string of the molecule is CC(C)c1ccc(N2CCN(C(C)C)CC2)nc1.CC(C)c1ccc(N2CCN(CCN(C)C)CC2)nc1.CC(C)c1ccc(N2CCN(CCO)CC2)cn1.CCN1CCN(c2ccc(C(C)C)nc2)CC1. The quantitative estimate of drug-likeness (QED) is 0.124. The maximum absolute atomic E-state index is 8.92. The number of rotatable bonds is 15. The first-order valence-corrected chi connectivity index (χ1v) is 28.0. The van der Waals surface area contributed by atoms with Crippen molar-refractivity contribution in [1.82, 2.24) is 44.4 Å². The molecule has 8 heterocycles. The van der Waals surface area contributed by atoms with E-state index < -0.39 is 0 Å². The van der Waals surface area contributed by atoms with Gasteiger partial charge in [0.25, 0.3) is 0 Å². The van der Waals surface area contributed by atoms with Crippen LogP contribution in [-0.2, 0) is 0 Å². The number of likely N-dealkylation sites (N-methyl/N-ethyl adjacent to an activating group) is 2. The third-order valence-corrected chi connectivity index (χ3v) is 14.9. The summed E-state index contributed by atoms with van der Waals surface area (Å²) < 4.78 is 0. The molecule has 406 valence electrons. The van der Waals surface area contributed by atoms with Gasteiger partial charge in [0.2, 0.25) is 0 Å². The molecule has 4 aliphatic rings. The van der Waals surface area contributed by atoms with E-state index in [1.54, 1.807) is 0 Å². The van der Waals surface area contributed by atoms with Crippen molar-refractivity contribution in [2.45, 2.75) is 106 Å². The van der Waals surface area contributed by atoms with Gasteiger partial charge in [-0.25, -0.2) is 9.97 Å². The topological polar surface area (TPSA) is 101 Å². The van der Waals surface area contributed by atoms with E-state index in [0.29, 0.717) is 29.7 Å². The second kappa shape index (κ2) is 30.8. The van der Waals surface area contributed by atoms with Gasteiger partial charge in [0.15, 0.2) is 0 Å². The summed E-state index contributed by atoms with van der Waals surface area (Å²) >= 11 is 0. The summed E-state index contributed by atoms with van der Waals surface area (Å²) in [6, 6.07) is 18.1. The molecule has 4 fully saturated rings. The molecule has 1 N–H and O–H groups in total. The average molecular weight is 1010 g/mol. The summed E-state index contributed by atoms with van der Waals surface area (Å²) in [6.07, 6.45) is 8.06. The third-order valence-electron chi connectivity index (χ3n) is 14.9. The van der Waals surface area contributed by atoms with Crippen LogP contribution >= 0.6 is 0 Å². The lowest BCUT2D eigenvalue weighted by atomic mass is 10.1. The lowest BCUT2D eigenvalue weighted by Crippen LogP contribution is -2.49. The second-order valence-corrected chi connectivity index (χ2v) is 22.1. The molecule has 0 spiro atoms. The minimum Gasteiger partial charge on any atom is -0.395 e. The minimum absolute atomic E-state index is 0.255. The fourth-order valence-corrected chi connectivity index (χ4v) is 9.41. The lowest BCUT2D eigenvalue weighted by molar-refractivity contribution is 0.189. The third kappa shape index (κ3) is 19.7. The van der Waals surface area contributed by atoms with Crippen LogP contribution in [0.5, 0.6) is 0 Å². The van der Waals surface area contributed by atoms with Gasteiger partial charge in [-0.2, -0.15) is 0 Å². The van der Waals surface area contributed by atoms with Crippen molar-refractivity contribution in [3.63, 3.8) is 0 Å². The van der Waals surface area contributed by atoms with Gasteiger partial charge in [0, 0.05) is 154 Å². The highest BCUT2D eigenvalue weighted by molar-refractivity contribution is 5.46. The molecule has 0 radical (unpaired) electrons. The van der Waals surface area contributed by atoms with Crippen LogP contribution in [0.25, 0.3) is 0 Å². The largest absolute Gasteiger partial charge is 0.395 e. The summed E-state index contributed by atoms with van der Waals surface area (Å²) in [5, 5.41) is 8.92. The zero-order chi connectivity index (χ0) is 52.9. The number of nitrogens with zero attached hydrogens (tertiary/aromatic N) is 13. The van der Waals surface area contributed by atoms with Crippen molar-refractivity contribution < 1.29 is 5.11 Å². The molecule has 0 aromatic carbocycles. The standard InChI is InChI=1S/C16H28N4.C15H25N3.C14H23N3O.C14H23N3/c1-14(2)15-5-6-16(17-13-15)20-11-9-19(10-12-20)8-7-18(3)4;1-12(2)14-5-6-15(16-11-14)18-9-7-17(8-10-18)13(3)4;1-12(2)14-4-3-13(11-15-14)17-7-5-16(6-8-17)9-10-18;1-4-16-7-9-17(10-8-16)13-5-6-14(12(2)3)15-11-13/h5-6,13-14H,7-12H2,1-4H3;5-6,11-13H,7-10H2,1-4H3;3-4,11-12,18H,5-10H2,1-2H3;5-6,11-12H,4,7-10H2,1-3H3. The number of hydrogen-bond acceptors (Lipinski definition) is 14. The Labute approximate surface area is 443 Å². The first kappa shape index (κ1) is 59.4. The van der Waals surface area contributed by atoms with Crippen LogP contribution in [0, 0.1) is 0 Å². The van der Waals surface area contributed by atoms with Crippen LogP contribution in [0.3, 0.4) is 0 Å². The van der Waals surface area contributed by atoms with Crippen LogP contribution in [-0.4, -0.2) is 207 Å². The molecule has 14 heteroatoms. The van der Waals surface area contributed by atoms with Crippen molar-refractivity contribution in [3.8, 4) is 0 Å². The highest BCUT2D eigenvalue weighted by Crippen LogP contribution is 2.23. The summed E-state index contributed by atoms with van der Waals surface area (Å²) in [5.41, 5.74) is 7.45. The van der Waals surface area contributed by atoms with Crippen LogP contribution in [0.15, 0.2) is 73.3 Å². The highest BCUT2D eigenvalue weighted by Gasteiger charge is 2.22. The first-order chi connectivity index (χ1) is 35.0. The summed E-state index contributed by atoms with van der Waals surface area (Å²) in [4.78, 5) is 40.0. The van der Waals surface area contributed by atoms with E-state index in [2.05, 4.69) is 203 Å². The van der Waals surface area contributed by atoms with E-state index in [9.17, 15) is 0 Å². The van der Waals surface area contributed by atoms with Crippen molar-refractivity contribution in [3.05, 3.63) is 95.8 Å². The fourth-order valence-electron chi connectivity index (χ4n) is 9.41. The molecule has 0 bridgehead atoms. The van der Waals surface area contributed by atoms with E-state index in [0.717, 1.165) is 122 Å². The number of pyridine rings is 4. The Balaban J connectivity index is 0.000000181. The molecule has 73 heavy (non-hydrogen) atoms. The Kier molecular flexibility index (Phi) is 25.1. The van der Waals surface area contributed by atoms with Gasteiger partial charge < -0.3 is 34.5 Å². The Morgan fingerprint density at radius 1 is 0.438 bits per heavy atom. The Hall–Kier alpha value is -4.44. The normalized spacial score (nSPS) is 17.5. The predicted molar refractivity (Wildman–Crippen MR) is 309 cm³/mol. The molecule has 14 nitrogen and oxygen atoms in total. The molecular formula is C59H99N13O. The van der Waals surface area contributed by atoms with E-state index in [-0.39, 0.29) is 6.61 Å². The molecular weight excluding hydrogens is 907 g/mol. The summed E-state index contributed by atoms with van der Waals surface area (Å²) in [7, 11) is 4.27. The number of anilines is 4. The number of hydrogen-bond donors (Lipinski definition) is 1. The predicted octanol–water partition coefficient (Wildman–Crippen LogP) is 8.29. The van der Waals surface area contributed by atoms with E-state index in [1.165, 1.54) is 54.4 Å². The van der Waals surface area contributed by atoms with Crippen molar-refractivity contribution in [2.24, 2.45) is 0 Å². The number of piperazine rings is 4. The summed E-state index contributed by atoms with van der Waals surface area (Å²) in [5.74, 6) is 4.37. The van der Waals surface area contributed by atoms with Gasteiger partial charge in [-0.1, -0.05) is 74.4 Å². The van der Waals surface area contributed by atoms with E-state index in [4.69, 9.17) is 5.11 Å². The van der Waals surface area contributed by atoms with Gasteiger partial charge in [0.1, 0.15) is 11.6 Å². The highest BCUT2D eigenvalue weighted by atomic mass is 16.3. The van der Waals surface area contributed by atoms with Crippen molar-refractivity contribution >= 4 is 23.0 Å². The second-order valence-electron chi connectivity index (χ2n) is 22.1. The van der Waals surface area contributed by atoms with Crippen LogP contribution < -0.4 is 19.6 Å². The molecule has 4 aromatic heterocycles. The smallest absolute Gasteiger partial charge is 0.128 e. The number of aliphatic hydroxyl groups is 1. The molecule has 0 amide bonds. The maximum Gasteiger partial charge on any atom is 0.128 e. The van der Waals surface area contributed by atoms with Crippen molar-refractivity contribution in [1.29, 1.82) is 0 Å². The molecule has 0 unspecified atom stereocenters. The number of aromatic nitrogens is 4. The summed E-state index contributed by atoms with van der Waals surface area (Å²) in [6.45, 7) is 46.4. The molecule has 0 saturated carbocycles. The van der Waals surface area contributed by atoms with Gasteiger partial charge >= 0.3 is 0 Å². The molecule has 4 saturated heterocycles. The number of aliphatic hydroxyl groups excluding tert-OH is 1. The lowest BCUT2D eigenvalue weighted by Gasteiger charge is -2.37. The van der Waals surface area contributed by atoms with E-state index in [1.807, 2.05) is 24.8 Å². The van der Waals surface area contributed by atoms with Gasteiger partial charge in [0.05, 0.1) is 30.4 Å². The van der Waals surface area contributed by atoms with Gasteiger partial charge in [-0.05, 0) is 106 Å². The zero-order valence-corrected chi connectivity index (χ0v) is 47.9. The molecule has 8 rings (SSSR count). The molecule has 4 aromatic rings. The Bertz CT molecular complexity index is 2050. The first-order valence-electron chi connectivity index (χ1n) is 28.0. The molecule has 0 atom stereocenters. The average Bonchev–Trinajstić information content (AvgIpc) is 3.41. The number of β-amino-alcohol motifs (C(OH)–C–C–N with tert-alkyl or cyclic N) is 1. The molecule has 4 aliphatic heterocycles. The molecule has 0 aliphatic carbocycles. The maximum atomic E-state index is 8.92. The monoisotopic (exact) mass is 1010 g/mol. The van der Waals surface area contributed by atoms with Gasteiger partial charge in [-0.15, -0.1) is 0 Å². The minimum atomic E-state index is 0.255. The van der Waals surface area contributed by atoms with E-state index >= 15 is 0 Å². The zero-order valence-electron chi connectivity index (χ0n) is 47.9. The van der Waals surface area contributed by atoms with Crippen LogP contribution in [0.4, 0.5) is 23.0 Å². The van der Waals surface area contributed by atoms with Gasteiger partial charge in [-0.3, -0.25) is 24.7 Å².